The molecule has 1 heterocycles. The summed E-state index contributed by atoms with van der Waals surface area (Å²) in [6.07, 6.45) is 2.55. The lowest BCUT2D eigenvalue weighted by atomic mass is 10.1. The van der Waals surface area contributed by atoms with Crippen LogP contribution in [-0.2, 0) is 11.8 Å². The van der Waals surface area contributed by atoms with Crippen molar-refractivity contribution in [3.05, 3.63) is 35.6 Å². The Kier molecular flexibility index (Phi) is 3.76. The van der Waals surface area contributed by atoms with Crippen LogP contribution in [0.4, 0.5) is 0 Å². The quantitative estimate of drug-likeness (QED) is 0.935. The van der Waals surface area contributed by atoms with E-state index < -0.39 is 12.1 Å². The first-order valence-electron chi connectivity index (χ1n) is 5.65. The van der Waals surface area contributed by atoms with E-state index in [9.17, 15) is 4.79 Å². The molecule has 1 N–H and O–H groups in total. The summed E-state index contributed by atoms with van der Waals surface area (Å²) in [4.78, 5) is 10.9. The van der Waals surface area contributed by atoms with Gasteiger partial charge in [0.25, 0.3) is 0 Å². The number of nitrogens with zero attached hydrogens (tertiary/aromatic N) is 2. The van der Waals surface area contributed by atoms with Gasteiger partial charge in [0.2, 0.25) is 0 Å². The van der Waals surface area contributed by atoms with Crippen molar-refractivity contribution in [2.24, 2.45) is 7.05 Å². The molecule has 0 aliphatic heterocycles. The van der Waals surface area contributed by atoms with Crippen LogP contribution in [0.15, 0.2) is 30.6 Å². The van der Waals surface area contributed by atoms with Crippen molar-refractivity contribution in [1.82, 2.24) is 9.78 Å². The molecule has 0 spiro atoms. The first kappa shape index (κ1) is 13.4. The van der Waals surface area contributed by atoms with E-state index in [2.05, 4.69) is 5.10 Å². The van der Waals surface area contributed by atoms with Crippen LogP contribution < -0.4 is 4.74 Å². The molecule has 19 heavy (non-hydrogen) atoms. The number of hydrogen-bond donors (Lipinski definition) is 1. The van der Waals surface area contributed by atoms with Crippen molar-refractivity contribution in [3.63, 3.8) is 0 Å². The maximum absolute atomic E-state index is 10.9. The number of hydrogen-bond acceptors (Lipinski definition) is 3. The molecule has 0 unspecified atom stereocenters. The smallest absolute Gasteiger partial charge is 0.344 e. The number of carbonyl (C=O) groups is 1. The van der Waals surface area contributed by atoms with Crippen LogP contribution in [0.1, 0.15) is 6.92 Å². The van der Waals surface area contributed by atoms with Crippen LogP contribution in [0.2, 0.25) is 5.02 Å². The number of carboxylic acids is 1. The maximum atomic E-state index is 10.9. The number of aliphatic carboxylic acids is 1. The number of rotatable bonds is 4. The Labute approximate surface area is 115 Å². The predicted molar refractivity (Wildman–Crippen MR) is 71.4 cm³/mol. The van der Waals surface area contributed by atoms with Gasteiger partial charge in [-0.3, -0.25) is 4.68 Å². The summed E-state index contributed by atoms with van der Waals surface area (Å²) in [5.74, 6) is -0.556. The third kappa shape index (κ3) is 3.06. The van der Waals surface area contributed by atoms with Crippen molar-refractivity contribution in [2.45, 2.75) is 13.0 Å². The molecule has 0 radical (unpaired) electrons. The second-order valence-electron chi connectivity index (χ2n) is 4.14. The van der Waals surface area contributed by atoms with E-state index in [-0.39, 0.29) is 0 Å². The zero-order chi connectivity index (χ0) is 14.0. The molecule has 0 amide bonds. The fourth-order valence-corrected chi connectivity index (χ4v) is 1.80. The van der Waals surface area contributed by atoms with Crippen LogP contribution in [0, 0.1) is 0 Å². The highest BCUT2D eigenvalue weighted by Gasteiger charge is 2.16. The van der Waals surface area contributed by atoms with Crippen molar-refractivity contribution in [2.75, 3.05) is 0 Å². The van der Waals surface area contributed by atoms with Gasteiger partial charge < -0.3 is 9.84 Å². The molecule has 2 aromatic rings. The molecule has 0 bridgehead atoms. The summed E-state index contributed by atoms with van der Waals surface area (Å²) in [5, 5.41) is 13.5. The lowest BCUT2D eigenvalue weighted by molar-refractivity contribution is -0.144. The zero-order valence-corrected chi connectivity index (χ0v) is 11.3. The van der Waals surface area contributed by atoms with E-state index in [1.807, 2.05) is 6.20 Å². The van der Waals surface area contributed by atoms with E-state index in [1.54, 1.807) is 36.1 Å². The fourth-order valence-electron chi connectivity index (χ4n) is 1.63. The number of ether oxygens (including phenoxy) is 1. The highest BCUT2D eigenvalue weighted by atomic mass is 35.5. The van der Waals surface area contributed by atoms with Crippen LogP contribution in [0.3, 0.4) is 0 Å². The van der Waals surface area contributed by atoms with Gasteiger partial charge in [0.05, 0.1) is 6.20 Å². The van der Waals surface area contributed by atoms with E-state index in [0.717, 1.165) is 5.56 Å². The molecular weight excluding hydrogens is 268 g/mol. The largest absolute Gasteiger partial charge is 0.479 e. The Balaban J connectivity index is 2.41. The summed E-state index contributed by atoms with van der Waals surface area (Å²) in [6.45, 7) is 1.48. The van der Waals surface area contributed by atoms with Gasteiger partial charge in [0.1, 0.15) is 5.75 Å². The van der Waals surface area contributed by atoms with Crippen LogP contribution in [0.5, 0.6) is 5.75 Å². The van der Waals surface area contributed by atoms with Gasteiger partial charge in [-0.05, 0) is 25.1 Å². The normalized spacial score (nSPS) is 12.2. The number of carboxylic acid groups (broad SMARTS) is 1. The van der Waals surface area contributed by atoms with E-state index in [1.165, 1.54) is 6.92 Å². The monoisotopic (exact) mass is 280 g/mol. The summed E-state index contributed by atoms with van der Waals surface area (Å²) < 4.78 is 7.08. The molecule has 0 aliphatic rings. The fraction of sp³-hybridized carbons (Fsp3) is 0.231. The van der Waals surface area contributed by atoms with Gasteiger partial charge in [-0.2, -0.15) is 5.10 Å². The SMILES string of the molecule is C[C@H](Oc1ccc(Cl)cc1-c1cnn(C)c1)C(=O)O. The molecule has 0 saturated heterocycles. The molecule has 1 aromatic carbocycles. The average Bonchev–Trinajstić information content (AvgIpc) is 2.77. The average molecular weight is 281 g/mol. The summed E-state index contributed by atoms with van der Waals surface area (Å²) >= 11 is 5.97. The lowest BCUT2D eigenvalue weighted by Gasteiger charge is -2.14. The zero-order valence-electron chi connectivity index (χ0n) is 10.5. The Morgan fingerprint density at radius 2 is 2.26 bits per heavy atom. The highest BCUT2D eigenvalue weighted by Crippen LogP contribution is 2.32. The van der Waals surface area contributed by atoms with Gasteiger partial charge in [0.15, 0.2) is 6.10 Å². The third-order valence-corrected chi connectivity index (χ3v) is 2.84. The Morgan fingerprint density at radius 3 is 2.84 bits per heavy atom. The topological polar surface area (TPSA) is 64.4 Å². The molecule has 100 valence electrons. The second kappa shape index (κ2) is 5.32. The number of halogens is 1. The molecule has 0 aliphatic carbocycles. The third-order valence-electron chi connectivity index (χ3n) is 2.61. The summed E-state index contributed by atoms with van der Waals surface area (Å²) in [6, 6.07) is 5.04. The molecule has 6 heteroatoms. The van der Waals surface area contributed by atoms with Crippen molar-refractivity contribution < 1.29 is 14.6 Å². The standard InChI is InChI=1S/C13H13ClN2O3/c1-8(13(17)18)19-12-4-3-10(14)5-11(12)9-6-15-16(2)7-9/h3-8H,1-2H3,(H,17,18)/t8-/m0/s1. The lowest BCUT2D eigenvalue weighted by Crippen LogP contribution is -2.23. The van der Waals surface area contributed by atoms with Crippen molar-refractivity contribution in [3.8, 4) is 16.9 Å². The molecular formula is C13H13ClN2O3. The first-order valence-corrected chi connectivity index (χ1v) is 6.03. The van der Waals surface area contributed by atoms with E-state index >= 15 is 0 Å². The number of aromatic nitrogens is 2. The minimum absolute atomic E-state index is 0.465. The predicted octanol–water partition coefficient (Wildman–Crippen LogP) is 2.59. The first-order chi connectivity index (χ1) is 8.97. The molecule has 2 rings (SSSR count). The summed E-state index contributed by atoms with van der Waals surface area (Å²) in [7, 11) is 1.80. The van der Waals surface area contributed by atoms with Gasteiger partial charge in [-0.1, -0.05) is 11.6 Å². The van der Waals surface area contributed by atoms with Crippen LogP contribution in [0.25, 0.3) is 11.1 Å². The van der Waals surface area contributed by atoms with Crippen LogP contribution >= 0.6 is 11.6 Å². The van der Waals surface area contributed by atoms with Crippen molar-refractivity contribution >= 4 is 17.6 Å². The van der Waals surface area contributed by atoms with Gasteiger partial charge in [-0.25, -0.2) is 4.79 Å². The second-order valence-corrected chi connectivity index (χ2v) is 4.58. The minimum atomic E-state index is -1.02. The molecule has 0 saturated carbocycles. The van der Waals surface area contributed by atoms with Gasteiger partial charge >= 0.3 is 5.97 Å². The number of benzene rings is 1. The Morgan fingerprint density at radius 1 is 1.53 bits per heavy atom. The van der Waals surface area contributed by atoms with Gasteiger partial charge in [0, 0.05) is 29.4 Å². The minimum Gasteiger partial charge on any atom is -0.479 e. The Hall–Kier alpha value is -2.01. The van der Waals surface area contributed by atoms with E-state index in [0.29, 0.717) is 16.3 Å². The van der Waals surface area contributed by atoms with E-state index in [4.69, 9.17) is 21.4 Å². The molecule has 1 aromatic heterocycles. The summed E-state index contributed by atoms with van der Waals surface area (Å²) in [5.41, 5.74) is 1.53. The maximum Gasteiger partial charge on any atom is 0.344 e. The van der Waals surface area contributed by atoms with Crippen molar-refractivity contribution in [1.29, 1.82) is 0 Å². The molecule has 1 atom stereocenters. The highest BCUT2D eigenvalue weighted by molar-refractivity contribution is 6.31. The number of aryl methyl sites for hydroxylation is 1. The van der Waals surface area contributed by atoms with Gasteiger partial charge in [-0.15, -0.1) is 0 Å². The Bertz CT molecular complexity index is 610. The van der Waals surface area contributed by atoms with Crippen LogP contribution in [-0.4, -0.2) is 27.0 Å². The molecule has 0 fully saturated rings. The molecule has 5 nitrogen and oxygen atoms in total.